The molecule has 2 aromatic rings. The SMILES string of the molecule is CCNCC(Cc1ccc(OC)cc1)Cc1ccc(Cl)s1. The lowest BCUT2D eigenvalue weighted by Crippen LogP contribution is -2.25. The number of hydrogen-bond donors (Lipinski definition) is 1. The minimum atomic E-state index is 0.577. The van der Waals surface area contributed by atoms with Crippen LogP contribution in [0.4, 0.5) is 0 Å². The summed E-state index contributed by atoms with van der Waals surface area (Å²) < 4.78 is 6.08. The number of thiophene rings is 1. The lowest BCUT2D eigenvalue weighted by atomic mass is 9.95. The van der Waals surface area contributed by atoms with Gasteiger partial charge in [0.25, 0.3) is 0 Å². The van der Waals surface area contributed by atoms with Crippen molar-refractivity contribution >= 4 is 22.9 Å². The quantitative estimate of drug-likeness (QED) is 0.776. The Labute approximate surface area is 136 Å². The van der Waals surface area contributed by atoms with Crippen LogP contribution >= 0.6 is 22.9 Å². The van der Waals surface area contributed by atoms with E-state index in [1.54, 1.807) is 18.4 Å². The van der Waals surface area contributed by atoms with Gasteiger partial charge in [0.05, 0.1) is 11.4 Å². The minimum Gasteiger partial charge on any atom is -0.497 e. The molecule has 1 unspecified atom stereocenters. The van der Waals surface area contributed by atoms with E-state index in [1.807, 2.05) is 18.2 Å². The van der Waals surface area contributed by atoms with Crippen molar-refractivity contribution in [2.24, 2.45) is 5.92 Å². The van der Waals surface area contributed by atoms with Gasteiger partial charge in [0.15, 0.2) is 0 Å². The molecule has 0 spiro atoms. The Bertz CT molecular complexity index is 538. The topological polar surface area (TPSA) is 21.3 Å². The summed E-state index contributed by atoms with van der Waals surface area (Å²) in [6.07, 6.45) is 2.13. The molecule has 0 aliphatic rings. The first-order valence-corrected chi connectivity index (χ1v) is 8.48. The van der Waals surface area contributed by atoms with Crippen LogP contribution in [-0.2, 0) is 12.8 Å². The van der Waals surface area contributed by atoms with E-state index in [2.05, 4.69) is 30.4 Å². The van der Waals surface area contributed by atoms with Crippen molar-refractivity contribution in [3.8, 4) is 5.75 Å². The molecule has 114 valence electrons. The zero-order chi connectivity index (χ0) is 15.1. The van der Waals surface area contributed by atoms with Crippen molar-refractivity contribution in [3.05, 3.63) is 51.2 Å². The van der Waals surface area contributed by atoms with E-state index in [9.17, 15) is 0 Å². The van der Waals surface area contributed by atoms with Crippen LogP contribution in [0.2, 0.25) is 4.34 Å². The first-order valence-electron chi connectivity index (χ1n) is 7.29. The highest BCUT2D eigenvalue weighted by molar-refractivity contribution is 7.16. The molecular formula is C17H22ClNOS. The maximum atomic E-state index is 6.03. The Hall–Kier alpha value is -1.03. The van der Waals surface area contributed by atoms with Gasteiger partial charge in [-0.3, -0.25) is 0 Å². The van der Waals surface area contributed by atoms with Gasteiger partial charge in [0.1, 0.15) is 5.75 Å². The lowest BCUT2D eigenvalue weighted by Gasteiger charge is -2.17. The molecule has 0 radical (unpaired) electrons. The third-order valence-electron chi connectivity index (χ3n) is 3.49. The van der Waals surface area contributed by atoms with E-state index in [1.165, 1.54) is 10.4 Å². The van der Waals surface area contributed by atoms with Crippen LogP contribution in [0.3, 0.4) is 0 Å². The van der Waals surface area contributed by atoms with Gasteiger partial charge in [0.2, 0.25) is 0 Å². The highest BCUT2D eigenvalue weighted by Crippen LogP contribution is 2.25. The summed E-state index contributed by atoms with van der Waals surface area (Å²) in [7, 11) is 1.70. The van der Waals surface area contributed by atoms with Crippen LogP contribution in [0.1, 0.15) is 17.4 Å². The minimum absolute atomic E-state index is 0.577. The molecule has 1 aromatic carbocycles. The summed E-state index contributed by atoms with van der Waals surface area (Å²) >= 11 is 7.71. The summed E-state index contributed by atoms with van der Waals surface area (Å²) in [4.78, 5) is 1.36. The largest absolute Gasteiger partial charge is 0.497 e. The molecule has 2 nitrogen and oxygen atoms in total. The number of rotatable bonds is 8. The predicted molar refractivity (Wildman–Crippen MR) is 91.8 cm³/mol. The second-order valence-corrected chi connectivity index (χ2v) is 6.94. The Balaban J connectivity index is 2.00. The monoisotopic (exact) mass is 323 g/mol. The molecule has 0 amide bonds. The fourth-order valence-corrected chi connectivity index (χ4v) is 3.61. The molecular weight excluding hydrogens is 302 g/mol. The van der Waals surface area contributed by atoms with E-state index in [-0.39, 0.29) is 0 Å². The summed E-state index contributed by atoms with van der Waals surface area (Å²) in [5.74, 6) is 1.49. The molecule has 1 aromatic heterocycles. The maximum Gasteiger partial charge on any atom is 0.118 e. The van der Waals surface area contributed by atoms with Crippen LogP contribution in [0.15, 0.2) is 36.4 Å². The lowest BCUT2D eigenvalue weighted by molar-refractivity contribution is 0.414. The number of ether oxygens (including phenoxy) is 1. The summed E-state index contributed by atoms with van der Waals surface area (Å²) in [5, 5.41) is 3.47. The molecule has 0 aliphatic heterocycles. The molecule has 0 saturated carbocycles. The highest BCUT2D eigenvalue weighted by atomic mass is 35.5. The van der Waals surface area contributed by atoms with Crippen LogP contribution in [0, 0.1) is 5.92 Å². The van der Waals surface area contributed by atoms with Crippen LogP contribution in [-0.4, -0.2) is 20.2 Å². The van der Waals surface area contributed by atoms with Gasteiger partial charge in [0, 0.05) is 4.88 Å². The van der Waals surface area contributed by atoms with Gasteiger partial charge in [-0.1, -0.05) is 30.7 Å². The average Bonchev–Trinajstić information content (AvgIpc) is 2.90. The molecule has 1 heterocycles. The molecule has 1 atom stereocenters. The van der Waals surface area contributed by atoms with Gasteiger partial charge < -0.3 is 10.1 Å². The first kappa shape index (κ1) is 16.3. The van der Waals surface area contributed by atoms with Crippen molar-refractivity contribution in [2.75, 3.05) is 20.2 Å². The van der Waals surface area contributed by atoms with E-state index in [0.717, 1.165) is 36.0 Å². The van der Waals surface area contributed by atoms with Crippen LogP contribution in [0.5, 0.6) is 5.75 Å². The van der Waals surface area contributed by atoms with E-state index in [0.29, 0.717) is 5.92 Å². The summed E-state index contributed by atoms with van der Waals surface area (Å²) in [6, 6.07) is 12.5. The van der Waals surface area contributed by atoms with Gasteiger partial charge >= 0.3 is 0 Å². The number of benzene rings is 1. The van der Waals surface area contributed by atoms with Gasteiger partial charge in [-0.25, -0.2) is 0 Å². The third kappa shape index (κ3) is 5.34. The highest BCUT2D eigenvalue weighted by Gasteiger charge is 2.12. The molecule has 1 N–H and O–H groups in total. The van der Waals surface area contributed by atoms with Crippen molar-refractivity contribution in [2.45, 2.75) is 19.8 Å². The number of methoxy groups -OCH3 is 1. The van der Waals surface area contributed by atoms with E-state index < -0.39 is 0 Å². The molecule has 0 saturated heterocycles. The zero-order valence-electron chi connectivity index (χ0n) is 12.6. The molecule has 2 rings (SSSR count). The normalized spacial score (nSPS) is 12.3. The van der Waals surface area contributed by atoms with Gasteiger partial charge in [-0.15, -0.1) is 11.3 Å². The first-order chi connectivity index (χ1) is 10.2. The van der Waals surface area contributed by atoms with Crippen LogP contribution in [0.25, 0.3) is 0 Å². The van der Waals surface area contributed by atoms with Crippen molar-refractivity contribution < 1.29 is 4.74 Å². The van der Waals surface area contributed by atoms with Crippen molar-refractivity contribution in [1.82, 2.24) is 5.32 Å². The fraction of sp³-hybridized carbons (Fsp3) is 0.412. The fourth-order valence-electron chi connectivity index (χ4n) is 2.41. The predicted octanol–water partition coefficient (Wildman–Crippen LogP) is 4.42. The third-order valence-corrected chi connectivity index (χ3v) is 4.74. The van der Waals surface area contributed by atoms with Crippen LogP contribution < -0.4 is 10.1 Å². The second kappa shape index (κ2) is 8.42. The number of halogens is 1. The Morgan fingerprint density at radius 3 is 2.48 bits per heavy atom. The maximum absolute atomic E-state index is 6.03. The Morgan fingerprint density at radius 1 is 1.14 bits per heavy atom. The van der Waals surface area contributed by atoms with Crippen molar-refractivity contribution in [3.63, 3.8) is 0 Å². The molecule has 0 bridgehead atoms. The molecule has 4 heteroatoms. The Morgan fingerprint density at radius 2 is 1.90 bits per heavy atom. The second-order valence-electron chi connectivity index (χ2n) is 5.14. The number of nitrogens with one attached hydrogen (secondary N) is 1. The van der Waals surface area contributed by atoms with Gasteiger partial charge in [-0.2, -0.15) is 0 Å². The molecule has 21 heavy (non-hydrogen) atoms. The summed E-state index contributed by atoms with van der Waals surface area (Å²) in [5.41, 5.74) is 1.35. The Kier molecular flexibility index (Phi) is 6.55. The molecule has 0 fully saturated rings. The number of hydrogen-bond acceptors (Lipinski definition) is 3. The van der Waals surface area contributed by atoms with Crippen molar-refractivity contribution in [1.29, 1.82) is 0 Å². The molecule has 0 aliphatic carbocycles. The summed E-state index contributed by atoms with van der Waals surface area (Å²) in [6.45, 7) is 4.18. The standard InChI is InChI=1S/C17H22ClNOS/c1-3-19-12-14(11-16-8-9-17(18)21-16)10-13-4-6-15(20-2)7-5-13/h4-9,14,19H,3,10-12H2,1-2H3. The van der Waals surface area contributed by atoms with Gasteiger partial charge in [-0.05, 0) is 61.7 Å². The van der Waals surface area contributed by atoms with E-state index >= 15 is 0 Å². The average molecular weight is 324 g/mol. The zero-order valence-corrected chi connectivity index (χ0v) is 14.1. The smallest absolute Gasteiger partial charge is 0.118 e. The van der Waals surface area contributed by atoms with E-state index in [4.69, 9.17) is 16.3 Å².